The summed E-state index contributed by atoms with van der Waals surface area (Å²) in [7, 11) is -4.27. The standard InChI is InChI=1S/C5H11NO3S3.Na/c7-12(8,9)6-5-3-10-1-2-11-4-5;/h5-6H,1-4H2,(H,7,8,9);/q;+1/p-1. The van der Waals surface area contributed by atoms with Gasteiger partial charge in [0.15, 0.2) is 10.3 Å². The van der Waals surface area contributed by atoms with Gasteiger partial charge in [-0.15, -0.1) is 0 Å². The zero-order valence-electron chi connectivity index (χ0n) is 7.36. The van der Waals surface area contributed by atoms with Crippen molar-refractivity contribution in [1.82, 2.24) is 4.72 Å². The largest absolute Gasteiger partial charge is 1.00 e. The average molecular weight is 251 g/mol. The molecule has 1 aliphatic rings. The molecule has 1 fully saturated rings. The van der Waals surface area contributed by atoms with Crippen molar-refractivity contribution < 1.29 is 42.5 Å². The molecule has 0 aliphatic carbocycles. The summed E-state index contributed by atoms with van der Waals surface area (Å²) in [5, 5.41) is 0. The van der Waals surface area contributed by atoms with Crippen molar-refractivity contribution in [3.05, 3.63) is 0 Å². The number of thioether (sulfide) groups is 2. The molecule has 0 atom stereocenters. The van der Waals surface area contributed by atoms with Gasteiger partial charge in [-0.25, -0.2) is 13.1 Å². The summed E-state index contributed by atoms with van der Waals surface area (Å²) in [5.41, 5.74) is 0. The first-order chi connectivity index (χ1) is 5.58. The zero-order valence-corrected chi connectivity index (χ0v) is 11.8. The Labute approximate surface area is 109 Å². The van der Waals surface area contributed by atoms with Crippen molar-refractivity contribution in [2.75, 3.05) is 23.0 Å². The Morgan fingerprint density at radius 3 is 2.08 bits per heavy atom. The van der Waals surface area contributed by atoms with Gasteiger partial charge in [-0.2, -0.15) is 23.5 Å². The minimum Gasteiger partial charge on any atom is -0.735 e. The van der Waals surface area contributed by atoms with E-state index < -0.39 is 10.3 Å². The molecule has 72 valence electrons. The van der Waals surface area contributed by atoms with E-state index in [1.54, 1.807) is 23.5 Å². The first kappa shape index (κ1) is 14.6. The van der Waals surface area contributed by atoms with Crippen LogP contribution in [-0.2, 0) is 10.3 Å². The van der Waals surface area contributed by atoms with Crippen LogP contribution in [0.2, 0.25) is 0 Å². The molecule has 0 aromatic heterocycles. The molecule has 4 nitrogen and oxygen atoms in total. The number of rotatable bonds is 2. The fraction of sp³-hybridized carbons (Fsp3) is 1.00. The summed E-state index contributed by atoms with van der Waals surface area (Å²) in [4.78, 5) is 0. The van der Waals surface area contributed by atoms with Gasteiger partial charge in [0.2, 0.25) is 0 Å². The molecule has 0 unspecified atom stereocenters. The maximum atomic E-state index is 10.3. The van der Waals surface area contributed by atoms with Crippen LogP contribution in [0.4, 0.5) is 0 Å². The molecule has 0 amide bonds. The Kier molecular flexibility index (Phi) is 7.78. The normalized spacial score (nSPS) is 20.4. The fourth-order valence-corrected chi connectivity index (χ4v) is 4.07. The van der Waals surface area contributed by atoms with Crippen LogP contribution in [-0.4, -0.2) is 42.0 Å². The Bertz CT molecular complexity index is 225. The van der Waals surface area contributed by atoms with Gasteiger partial charge in [0.05, 0.1) is 0 Å². The van der Waals surface area contributed by atoms with Crippen LogP contribution in [0.3, 0.4) is 0 Å². The zero-order chi connectivity index (χ0) is 9.03. The quantitative estimate of drug-likeness (QED) is 0.416. The Balaban J connectivity index is 0.00000144. The molecule has 1 N–H and O–H groups in total. The second-order valence-electron chi connectivity index (χ2n) is 2.42. The van der Waals surface area contributed by atoms with Gasteiger partial charge in [-0.05, 0) is 0 Å². The van der Waals surface area contributed by atoms with Gasteiger partial charge >= 0.3 is 29.6 Å². The topological polar surface area (TPSA) is 69.2 Å². The molecular weight excluding hydrogens is 241 g/mol. The molecule has 0 aromatic carbocycles. The molecule has 1 rings (SSSR count). The fourth-order valence-electron chi connectivity index (χ4n) is 0.889. The second kappa shape index (κ2) is 6.95. The van der Waals surface area contributed by atoms with Crippen molar-refractivity contribution in [2.45, 2.75) is 6.04 Å². The molecular formula is C5H10NNaO3S3. The molecule has 0 bridgehead atoms. The molecule has 8 heteroatoms. The summed E-state index contributed by atoms with van der Waals surface area (Å²) in [6, 6.07) is -0.190. The Hall–Kier alpha value is 1.57. The molecule has 0 spiro atoms. The average Bonchev–Trinajstić information content (AvgIpc) is 2.12. The molecule has 1 heterocycles. The van der Waals surface area contributed by atoms with E-state index in [9.17, 15) is 13.0 Å². The molecule has 13 heavy (non-hydrogen) atoms. The van der Waals surface area contributed by atoms with Gasteiger partial charge < -0.3 is 4.55 Å². The molecule has 1 saturated heterocycles. The second-order valence-corrected chi connectivity index (χ2v) is 5.86. The van der Waals surface area contributed by atoms with Gasteiger partial charge in [-0.3, -0.25) is 0 Å². The van der Waals surface area contributed by atoms with Crippen molar-refractivity contribution in [1.29, 1.82) is 0 Å². The number of hydrogen-bond donors (Lipinski definition) is 1. The van der Waals surface area contributed by atoms with Crippen molar-refractivity contribution >= 4 is 33.8 Å². The third-order valence-electron chi connectivity index (χ3n) is 1.32. The van der Waals surface area contributed by atoms with Gasteiger partial charge in [0.25, 0.3) is 0 Å². The maximum absolute atomic E-state index is 10.3. The van der Waals surface area contributed by atoms with Gasteiger partial charge in [0.1, 0.15) is 0 Å². The third-order valence-corrected chi connectivity index (χ3v) is 4.46. The first-order valence-corrected chi connectivity index (χ1v) is 7.18. The van der Waals surface area contributed by atoms with E-state index in [1.807, 2.05) is 0 Å². The van der Waals surface area contributed by atoms with E-state index in [2.05, 4.69) is 4.72 Å². The van der Waals surface area contributed by atoms with E-state index in [1.165, 1.54) is 0 Å². The predicted molar refractivity (Wildman–Crippen MR) is 51.3 cm³/mol. The van der Waals surface area contributed by atoms with Crippen LogP contribution in [0.25, 0.3) is 0 Å². The van der Waals surface area contributed by atoms with Crippen LogP contribution in [0.1, 0.15) is 0 Å². The number of nitrogens with one attached hydrogen (secondary N) is 1. The summed E-state index contributed by atoms with van der Waals surface area (Å²) in [5.74, 6) is 3.46. The summed E-state index contributed by atoms with van der Waals surface area (Å²) in [6.45, 7) is 0. The predicted octanol–water partition coefficient (Wildman–Crippen LogP) is -3.11. The first-order valence-electron chi connectivity index (χ1n) is 3.46. The van der Waals surface area contributed by atoms with Crippen LogP contribution >= 0.6 is 23.5 Å². The van der Waals surface area contributed by atoms with Crippen molar-refractivity contribution in [2.24, 2.45) is 0 Å². The van der Waals surface area contributed by atoms with Gasteiger partial charge in [-0.1, -0.05) is 0 Å². The van der Waals surface area contributed by atoms with E-state index in [0.717, 1.165) is 11.5 Å². The van der Waals surface area contributed by atoms with Crippen LogP contribution in [0.15, 0.2) is 0 Å². The summed E-state index contributed by atoms with van der Waals surface area (Å²) < 4.78 is 33.1. The van der Waals surface area contributed by atoms with E-state index in [0.29, 0.717) is 11.5 Å². The minimum absolute atomic E-state index is 0. The SMILES string of the molecule is O=S(=O)([O-])NC1CSCCSC1.[Na+]. The maximum Gasteiger partial charge on any atom is 1.00 e. The smallest absolute Gasteiger partial charge is 0.735 e. The molecule has 0 radical (unpaired) electrons. The number of hydrogen-bond acceptors (Lipinski definition) is 5. The van der Waals surface area contributed by atoms with Crippen LogP contribution < -0.4 is 34.3 Å². The van der Waals surface area contributed by atoms with E-state index in [-0.39, 0.29) is 35.6 Å². The van der Waals surface area contributed by atoms with Gasteiger partial charge in [0, 0.05) is 29.1 Å². The van der Waals surface area contributed by atoms with Crippen molar-refractivity contribution in [3.8, 4) is 0 Å². The Morgan fingerprint density at radius 1 is 1.23 bits per heavy atom. The molecule has 0 saturated carbocycles. The third kappa shape index (κ3) is 7.49. The summed E-state index contributed by atoms with van der Waals surface area (Å²) >= 11 is 3.36. The van der Waals surface area contributed by atoms with Crippen molar-refractivity contribution in [3.63, 3.8) is 0 Å². The van der Waals surface area contributed by atoms with Crippen LogP contribution in [0.5, 0.6) is 0 Å². The molecule has 1 aliphatic heterocycles. The monoisotopic (exact) mass is 251 g/mol. The van der Waals surface area contributed by atoms with E-state index >= 15 is 0 Å². The van der Waals surface area contributed by atoms with Crippen LogP contribution in [0, 0.1) is 0 Å². The van der Waals surface area contributed by atoms with E-state index in [4.69, 9.17) is 0 Å². The Morgan fingerprint density at radius 2 is 1.69 bits per heavy atom. The summed E-state index contributed by atoms with van der Waals surface area (Å²) in [6.07, 6.45) is 0. The minimum atomic E-state index is -4.27. The molecule has 0 aromatic rings.